The van der Waals surface area contributed by atoms with E-state index in [9.17, 15) is 5.11 Å². The van der Waals surface area contributed by atoms with E-state index in [4.69, 9.17) is 10.5 Å². The third kappa shape index (κ3) is 3.11. The van der Waals surface area contributed by atoms with Crippen LogP contribution in [0.4, 0.5) is 5.69 Å². The highest BCUT2D eigenvalue weighted by molar-refractivity contribution is 5.51. The molecule has 1 heterocycles. The minimum atomic E-state index is 0.244. The summed E-state index contributed by atoms with van der Waals surface area (Å²) < 4.78 is 5.64. The van der Waals surface area contributed by atoms with Gasteiger partial charge in [-0.3, -0.25) is 4.90 Å². The van der Waals surface area contributed by atoms with Gasteiger partial charge >= 0.3 is 0 Å². The zero-order chi connectivity index (χ0) is 12.1. The van der Waals surface area contributed by atoms with Crippen LogP contribution in [-0.4, -0.2) is 42.4 Å². The number of hydrogen-bond donors (Lipinski definition) is 2. The first-order valence-electron chi connectivity index (χ1n) is 6.13. The number of para-hydroxylation sites is 2. The summed E-state index contributed by atoms with van der Waals surface area (Å²) in [5.41, 5.74) is 6.46. The lowest BCUT2D eigenvalue weighted by molar-refractivity contribution is 0.139. The molecule has 1 atom stereocenters. The average Bonchev–Trinajstić information content (AvgIpc) is 2.79. The fraction of sp³-hybridized carbons (Fsp3) is 0.538. The number of ether oxygens (including phenoxy) is 1. The van der Waals surface area contributed by atoms with Crippen LogP contribution >= 0.6 is 0 Å². The highest BCUT2D eigenvalue weighted by atomic mass is 16.5. The average molecular weight is 236 g/mol. The van der Waals surface area contributed by atoms with Crippen molar-refractivity contribution in [3.05, 3.63) is 24.3 Å². The molecule has 0 aliphatic carbocycles. The molecular formula is C13H20N2O2. The second kappa shape index (κ2) is 5.89. The van der Waals surface area contributed by atoms with Crippen molar-refractivity contribution in [1.82, 2.24) is 4.90 Å². The van der Waals surface area contributed by atoms with Crippen molar-refractivity contribution in [3.63, 3.8) is 0 Å². The number of rotatable bonds is 5. The number of nitrogens with zero attached hydrogens (tertiary/aromatic N) is 1. The minimum absolute atomic E-state index is 0.244. The van der Waals surface area contributed by atoms with Gasteiger partial charge in [-0.1, -0.05) is 12.1 Å². The lowest BCUT2D eigenvalue weighted by Crippen LogP contribution is -2.35. The first-order valence-corrected chi connectivity index (χ1v) is 6.13. The molecule has 0 aromatic heterocycles. The lowest BCUT2D eigenvalue weighted by atomic mass is 10.2. The molecule has 0 spiro atoms. The maximum absolute atomic E-state index is 9.19. The molecule has 4 heteroatoms. The molecule has 0 radical (unpaired) electrons. The van der Waals surface area contributed by atoms with E-state index in [1.165, 1.54) is 6.42 Å². The van der Waals surface area contributed by atoms with Crippen LogP contribution in [-0.2, 0) is 0 Å². The van der Waals surface area contributed by atoms with E-state index < -0.39 is 0 Å². The van der Waals surface area contributed by atoms with Crippen LogP contribution in [0, 0.1) is 0 Å². The lowest BCUT2D eigenvalue weighted by Gasteiger charge is -2.22. The summed E-state index contributed by atoms with van der Waals surface area (Å²) in [6.07, 6.45) is 2.25. The normalized spacial score (nSPS) is 20.6. The van der Waals surface area contributed by atoms with Crippen molar-refractivity contribution in [3.8, 4) is 5.75 Å². The Morgan fingerprint density at radius 3 is 3.00 bits per heavy atom. The SMILES string of the molecule is Nc1ccccc1OCCN1CCCC1CO. The molecule has 0 saturated carbocycles. The van der Waals surface area contributed by atoms with Crippen LogP contribution in [0.1, 0.15) is 12.8 Å². The third-order valence-electron chi connectivity index (χ3n) is 3.26. The summed E-state index contributed by atoms with van der Waals surface area (Å²) in [7, 11) is 0. The maximum atomic E-state index is 9.19. The van der Waals surface area contributed by atoms with Gasteiger partial charge in [0.1, 0.15) is 12.4 Å². The summed E-state index contributed by atoms with van der Waals surface area (Å²) in [5, 5.41) is 9.19. The van der Waals surface area contributed by atoms with E-state index in [0.29, 0.717) is 18.3 Å². The van der Waals surface area contributed by atoms with Crippen molar-refractivity contribution in [1.29, 1.82) is 0 Å². The van der Waals surface area contributed by atoms with Crippen molar-refractivity contribution >= 4 is 5.69 Å². The molecule has 1 fully saturated rings. The summed E-state index contributed by atoms with van der Waals surface area (Å²) in [6.45, 7) is 2.76. The molecule has 4 nitrogen and oxygen atoms in total. The summed E-state index contributed by atoms with van der Waals surface area (Å²) in [6, 6.07) is 7.83. The topological polar surface area (TPSA) is 58.7 Å². The zero-order valence-corrected chi connectivity index (χ0v) is 10.0. The standard InChI is InChI=1S/C13H20N2O2/c14-12-5-1-2-6-13(12)17-9-8-15-7-3-4-11(15)10-16/h1-2,5-6,11,16H,3-4,7-10,14H2. The number of likely N-dealkylation sites (tertiary alicyclic amines) is 1. The number of aliphatic hydroxyl groups is 1. The Morgan fingerprint density at radius 1 is 1.41 bits per heavy atom. The van der Waals surface area contributed by atoms with Crippen molar-refractivity contribution < 1.29 is 9.84 Å². The second-order valence-corrected chi connectivity index (χ2v) is 4.40. The zero-order valence-electron chi connectivity index (χ0n) is 10.0. The van der Waals surface area contributed by atoms with Gasteiger partial charge in [-0.2, -0.15) is 0 Å². The van der Waals surface area contributed by atoms with Crippen molar-refractivity contribution in [2.75, 3.05) is 32.0 Å². The number of benzene rings is 1. The Hall–Kier alpha value is -1.26. The van der Waals surface area contributed by atoms with Crippen LogP contribution in [0.5, 0.6) is 5.75 Å². The monoisotopic (exact) mass is 236 g/mol. The fourth-order valence-corrected chi connectivity index (χ4v) is 2.28. The Morgan fingerprint density at radius 2 is 2.24 bits per heavy atom. The number of nitrogen functional groups attached to an aromatic ring is 1. The van der Waals surface area contributed by atoms with Crippen LogP contribution in [0.15, 0.2) is 24.3 Å². The predicted molar refractivity (Wildman–Crippen MR) is 68.0 cm³/mol. The van der Waals surface area contributed by atoms with Gasteiger partial charge < -0.3 is 15.6 Å². The van der Waals surface area contributed by atoms with Crippen LogP contribution in [0.3, 0.4) is 0 Å². The van der Waals surface area contributed by atoms with Gasteiger partial charge in [-0.25, -0.2) is 0 Å². The first kappa shape index (κ1) is 12.2. The second-order valence-electron chi connectivity index (χ2n) is 4.40. The largest absolute Gasteiger partial charge is 0.490 e. The molecular weight excluding hydrogens is 216 g/mol. The molecule has 94 valence electrons. The molecule has 17 heavy (non-hydrogen) atoms. The molecule has 1 saturated heterocycles. The number of nitrogens with two attached hydrogens (primary N) is 1. The number of aliphatic hydroxyl groups excluding tert-OH is 1. The minimum Gasteiger partial charge on any atom is -0.490 e. The Balaban J connectivity index is 1.78. The van der Waals surface area contributed by atoms with Gasteiger partial charge in [-0.05, 0) is 31.5 Å². The van der Waals surface area contributed by atoms with E-state index in [0.717, 1.165) is 25.3 Å². The fourth-order valence-electron chi connectivity index (χ4n) is 2.28. The Kier molecular flexibility index (Phi) is 4.23. The smallest absolute Gasteiger partial charge is 0.142 e. The van der Waals surface area contributed by atoms with Gasteiger partial charge in [0.25, 0.3) is 0 Å². The quantitative estimate of drug-likeness (QED) is 0.752. The van der Waals surface area contributed by atoms with Crippen LogP contribution in [0.25, 0.3) is 0 Å². The summed E-state index contributed by atoms with van der Waals surface area (Å²) >= 11 is 0. The van der Waals surface area contributed by atoms with Crippen molar-refractivity contribution in [2.24, 2.45) is 0 Å². The molecule has 1 aliphatic rings. The van der Waals surface area contributed by atoms with E-state index in [-0.39, 0.29) is 6.61 Å². The highest BCUT2D eigenvalue weighted by Gasteiger charge is 2.23. The van der Waals surface area contributed by atoms with E-state index in [2.05, 4.69) is 4.90 Å². The molecule has 1 aromatic carbocycles. The molecule has 0 amide bonds. The van der Waals surface area contributed by atoms with Gasteiger partial charge in [-0.15, -0.1) is 0 Å². The van der Waals surface area contributed by atoms with Crippen LogP contribution < -0.4 is 10.5 Å². The molecule has 0 bridgehead atoms. The third-order valence-corrected chi connectivity index (χ3v) is 3.26. The van der Waals surface area contributed by atoms with Crippen molar-refractivity contribution in [2.45, 2.75) is 18.9 Å². The van der Waals surface area contributed by atoms with Gasteiger partial charge in [0, 0.05) is 12.6 Å². The highest BCUT2D eigenvalue weighted by Crippen LogP contribution is 2.20. The molecule has 1 unspecified atom stereocenters. The van der Waals surface area contributed by atoms with Gasteiger partial charge in [0.05, 0.1) is 12.3 Å². The first-order chi connectivity index (χ1) is 8.31. The molecule has 2 rings (SSSR count). The van der Waals surface area contributed by atoms with Gasteiger partial charge in [0.15, 0.2) is 0 Å². The summed E-state index contributed by atoms with van der Waals surface area (Å²) in [5.74, 6) is 0.743. The predicted octanol–water partition coefficient (Wildman–Crippen LogP) is 1.10. The van der Waals surface area contributed by atoms with E-state index in [1.54, 1.807) is 0 Å². The Bertz CT molecular complexity index is 357. The maximum Gasteiger partial charge on any atom is 0.142 e. The van der Waals surface area contributed by atoms with Crippen LogP contribution in [0.2, 0.25) is 0 Å². The molecule has 1 aliphatic heterocycles. The Labute approximate surface area is 102 Å². The van der Waals surface area contributed by atoms with E-state index >= 15 is 0 Å². The molecule has 3 N–H and O–H groups in total. The number of hydrogen-bond acceptors (Lipinski definition) is 4. The van der Waals surface area contributed by atoms with E-state index in [1.807, 2.05) is 24.3 Å². The number of anilines is 1. The summed E-state index contributed by atoms with van der Waals surface area (Å²) in [4.78, 5) is 2.28. The van der Waals surface area contributed by atoms with Gasteiger partial charge in [0.2, 0.25) is 0 Å². The molecule has 1 aromatic rings.